The van der Waals surface area contributed by atoms with Gasteiger partial charge in [0.15, 0.2) is 0 Å². The summed E-state index contributed by atoms with van der Waals surface area (Å²) in [5.41, 5.74) is 6.99. The molecule has 0 radical (unpaired) electrons. The minimum atomic E-state index is -0.0273. The van der Waals surface area contributed by atoms with Crippen LogP contribution in [0.5, 0.6) is 5.75 Å². The molecule has 0 bridgehead atoms. The second-order valence-electron chi connectivity index (χ2n) is 8.87. The Morgan fingerprint density at radius 1 is 1.16 bits per heavy atom. The smallest absolute Gasteiger partial charge is 0.244 e. The van der Waals surface area contributed by atoms with Crippen LogP contribution in [0.15, 0.2) is 47.1 Å². The van der Waals surface area contributed by atoms with Crippen LogP contribution in [-0.4, -0.2) is 18.6 Å². The molecule has 1 saturated carbocycles. The molecule has 0 unspecified atom stereocenters. The molecular formula is C28H33NO3. The van der Waals surface area contributed by atoms with E-state index < -0.39 is 0 Å². The van der Waals surface area contributed by atoms with Gasteiger partial charge < -0.3 is 14.5 Å². The SMILES string of the molecule is CCOc1c(/C(C)=C/C(=O)NC2CCCCC2)cc2c(-c3ccc(C)cc3)coc2c1C. The molecule has 1 aliphatic rings. The molecule has 0 atom stereocenters. The Hall–Kier alpha value is -3.01. The summed E-state index contributed by atoms with van der Waals surface area (Å²) < 4.78 is 12.0. The highest BCUT2D eigenvalue weighted by Crippen LogP contribution is 2.40. The van der Waals surface area contributed by atoms with E-state index in [2.05, 4.69) is 42.6 Å². The van der Waals surface area contributed by atoms with Crippen molar-refractivity contribution in [3.05, 3.63) is 59.4 Å². The van der Waals surface area contributed by atoms with Crippen LogP contribution in [0, 0.1) is 13.8 Å². The van der Waals surface area contributed by atoms with Crippen molar-refractivity contribution in [2.75, 3.05) is 6.61 Å². The maximum atomic E-state index is 12.7. The molecule has 4 rings (SSSR count). The first kappa shape index (κ1) is 22.2. The summed E-state index contributed by atoms with van der Waals surface area (Å²) in [7, 11) is 0. The molecule has 1 aliphatic carbocycles. The van der Waals surface area contributed by atoms with Gasteiger partial charge in [0.05, 0.1) is 12.9 Å². The molecule has 1 fully saturated rings. The predicted octanol–water partition coefficient (Wildman–Crippen LogP) is 6.97. The van der Waals surface area contributed by atoms with E-state index >= 15 is 0 Å². The second kappa shape index (κ2) is 9.64. The van der Waals surface area contributed by atoms with Crippen LogP contribution in [-0.2, 0) is 4.79 Å². The van der Waals surface area contributed by atoms with Crippen molar-refractivity contribution >= 4 is 22.4 Å². The van der Waals surface area contributed by atoms with E-state index in [1.807, 2.05) is 27.0 Å². The number of ether oxygens (including phenoxy) is 1. The number of carbonyl (C=O) groups excluding carboxylic acids is 1. The fourth-order valence-electron chi connectivity index (χ4n) is 4.66. The van der Waals surface area contributed by atoms with Gasteiger partial charge in [-0.2, -0.15) is 0 Å². The molecule has 1 amide bonds. The number of allylic oxidation sites excluding steroid dienone is 1. The van der Waals surface area contributed by atoms with E-state index in [9.17, 15) is 4.79 Å². The van der Waals surface area contributed by atoms with E-state index in [-0.39, 0.29) is 11.9 Å². The van der Waals surface area contributed by atoms with Gasteiger partial charge in [0.2, 0.25) is 5.91 Å². The van der Waals surface area contributed by atoms with Crippen molar-refractivity contribution in [1.82, 2.24) is 5.32 Å². The first-order valence-corrected chi connectivity index (χ1v) is 11.7. The van der Waals surface area contributed by atoms with Crippen LogP contribution in [0.3, 0.4) is 0 Å². The Morgan fingerprint density at radius 2 is 1.88 bits per heavy atom. The number of carbonyl (C=O) groups is 1. The fraction of sp³-hybridized carbons (Fsp3) is 0.393. The lowest BCUT2D eigenvalue weighted by Gasteiger charge is -2.22. The molecule has 4 nitrogen and oxygen atoms in total. The van der Waals surface area contributed by atoms with Gasteiger partial charge in [-0.3, -0.25) is 4.79 Å². The highest BCUT2D eigenvalue weighted by atomic mass is 16.5. The molecule has 1 heterocycles. The van der Waals surface area contributed by atoms with Crippen molar-refractivity contribution in [3.8, 4) is 16.9 Å². The molecule has 0 spiro atoms. The van der Waals surface area contributed by atoms with Crippen molar-refractivity contribution < 1.29 is 13.9 Å². The summed E-state index contributed by atoms with van der Waals surface area (Å²) in [4.78, 5) is 12.7. The molecule has 3 aromatic rings. The van der Waals surface area contributed by atoms with Gasteiger partial charge >= 0.3 is 0 Å². The summed E-state index contributed by atoms with van der Waals surface area (Å²) >= 11 is 0. The topological polar surface area (TPSA) is 51.5 Å². The Balaban J connectivity index is 1.74. The average molecular weight is 432 g/mol. The molecule has 4 heteroatoms. The highest BCUT2D eigenvalue weighted by Gasteiger charge is 2.20. The molecule has 32 heavy (non-hydrogen) atoms. The lowest BCUT2D eigenvalue weighted by Crippen LogP contribution is -2.35. The third-order valence-corrected chi connectivity index (χ3v) is 6.42. The summed E-state index contributed by atoms with van der Waals surface area (Å²) in [6.07, 6.45) is 9.33. The zero-order chi connectivity index (χ0) is 22.7. The first-order valence-electron chi connectivity index (χ1n) is 11.7. The lowest BCUT2D eigenvalue weighted by atomic mass is 9.95. The summed E-state index contributed by atoms with van der Waals surface area (Å²) in [5, 5.41) is 4.22. The Kier molecular flexibility index (Phi) is 6.69. The van der Waals surface area contributed by atoms with Crippen molar-refractivity contribution in [2.24, 2.45) is 0 Å². The van der Waals surface area contributed by atoms with Crippen LogP contribution in [0.25, 0.3) is 27.7 Å². The highest BCUT2D eigenvalue weighted by molar-refractivity contribution is 6.01. The van der Waals surface area contributed by atoms with Gasteiger partial charge in [-0.15, -0.1) is 0 Å². The number of furan rings is 1. The number of hydrogen-bond acceptors (Lipinski definition) is 3. The third kappa shape index (κ3) is 4.59. The zero-order valence-electron chi connectivity index (χ0n) is 19.6. The van der Waals surface area contributed by atoms with E-state index in [4.69, 9.17) is 9.15 Å². The molecule has 0 saturated heterocycles. The number of fused-ring (bicyclic) bond motifs is 1. The predicted molar refractivity (Wildman–Crippen MR) is 131 cm³/mol. The second-order valence-corrected chi connectivity index (χ2v) is 8.87. The lowest BCUT2D eigenvalue weighted by molar-refractivity contribution is -0.117. The molecule has 1 N–H and O–H groups in total. The standard InChI is InChI=1S/C28H33NO3/c1-5-31-27-20(4)28-24(25(17-32-28)21-13-11-18(2)12-14-21)16-23(27)19(3)15-26(30)29-22-9-7-6-8-10-22/h11-17,22H,5-10H2,1-4H3,(H,29,30)/b19-15+. The number of nitrogens with one attached hydrogen (secondary N) is 1. The number of hydrogen-bond donors (Lipinski definition) is 1. The number of aryl methyl sites for hydroxylation is 2. The first-order chi connectivity index (χ1) is 15.5. The van der Waals surface area contributed by atoms with Crippen molar-refractivity contribution in [2.45, 2.75) is 65.8 Å². The van der Waals surface area contributed by atoms with Gasteiger partial charge in [-0.1, -0.05) is 49.1 Å². The van der Waals surface area contributed by atoms with E-state index in [1.54, 1.807) is 6.08 Å². The van der Waals surface area contributed by atoms with Gasteiger partial charge in [0.25, 0.3) is 0 Å². The van der Waals surface area contributed by atoms with Gasteiger partial charge in [-0.25, -0.2) is 0 Å². The molecular weight excluding hydrogens is 398 g/mol. The molecule has 2 aromatic carbocycles. The average Bonchev–Trinajstić information content (AvgIpc) is 3.21. The van der Waals surface area contributed by atoms with Crippen LogP contribution in [0.1, 0.15) is 62.6 Å². The number of benzene rings is 2. The maximum Gasteiger partial charge on any atom is 0.244 e. The van der Waals surface area contributed by atoms with Gasteiger partial charge in [0, 0.05) is 34.2 Å². The molecule has 0 aliphatic heterocycles. The Morgan fingerprint density at radius 3 is 2.56 bits per heavy atom. The van der Waals surface area contributed by atoms with Crippen LogP contribution in [0.2, 0.25) is 0 Å². The number of amides is 1. The quantitative estimate of drug-likeness (QED) is 0.429. The third-order valence-electron chi connectivity index (χ3n) is 6.42. The minimum absolute atomic E-state index is 0.0273. The van der Waals surface area contributed by atoms with E-state index in [0.717, 1.165) is 57.4 Å². The normalized spacial score (nSPS) is 15.2. The molecule has 168 valence electrons. The van der Waals surface area contributed by atoms with E-state index in [0.29, 0.717) is 6.61 Å². The summed E-state index contributed by atoms with van der Waals surface area (Å²) in [5.74, 6) is 0.754. The van der Waals surface area contributed by atoms with Gasteiger partial charge in [-0.05, 0) is 57.7 Å². The monoisotopic (exact) mass is 431 g/mol. The minimum Gasteiger partial charge on any atom is -0.493 e. The Bertz CT molecular complexity index is 1130. The summed E-state index contributed by atoms with van der Waals surface area (Å²) in [6.45, 7) is 8.61. The number of rotatable bonds is 6. The largest absolute Gasteiger partial charge is 0.493 e. The Labute approximate surface area is 190 Å². The summed E-state index contributed by atoms with van der Waals surface area (Å²) in [6, 6.07) is 10.8. The van der Waals surface area contributed by atoms with Crippen LogP contribution >= 0.6 is 0 Å². The van der Waals surface area contributed by atoms with Gasteiger partial charge in [0.1, 0.15) is 11.3 Å². The van der Waals surface area contributed by atoms with Crippen molar-refractivity contribution in [3.63, 3.8) is 0 Å². The van der Waals surface area contributed by atoms with E-state index in [1.165, 1.54) is 24.8 Å². The van der Waals surface area contributed by atoms with Crippen molar-refractivity contribution in [1.29, 1.82) is 0 Å². The zero-order valence-corrected chi connectivity index (χ0v) is 19.6. The van der Waals surface area contributed by atoms with Crippen LogP contribution in [0.4, 0.5) is 0 Å². The van der Waals surface area contributed by atoms with Crippen LogP contribution < -0.4 is 10.1 Å². The fourth-order valence-corrected chi connectivity index (χ4v) is 4.66. The molecule has 1 aromatic heterocycles. The maximum absolute atomic E-state index is 12.7.